The lowest BCUT2D eigenvalue weighted by molar-refractivity contribution is -0.149. The fourth-order valence-electron chi connectivity index (χ4n) is 4.03. The third-order valence-electron chi connectivity index (χ3n) is 5.45. The van der Waals surface area contributed by atoms with Crippen LogP contribution in [0.2, 0.25) is 0 Å². The number of hydrogen-bond acceptors (Lipinski definition) is 6. The van der Waals surface area contributed by atoms with E-state index in [0.717, 1.165) is 5.69 Å². The lowest BCUT2D eigenvalue weighted by atomic mass is 9.81. The van der Waals surface area contributed by atoms with Gasteiger partial charge in [0.05, 0.1) is 13.2 Å². The molecule has 0 amide bonds. The standard InChI is InChI=1S/C18H17N5O3/c24-17(25)18-8-22(6-12(18)7-26-9-18)15-14-16(20-10-19-15)23(11-21-14)13-4-2-1-3-5-13/h1-5,10-12H,6-9H2,(H,24,25)/t12-,18-/m1/s1. The normalized spacial score (nSPS) is 24.9. The summed E-state index contributed by atoms with van der Waals surface area (Å²) in [5, 5.41) is 9.75. The number of fused-ring (bicyclic) bond motifs is 2. The maximum absolute atomic E-state index is 11.9. The molecular weight excluding hydrogens is 334 g/mol. The van der Waals surface area contributed by atoms with Crippen LogP contribution >= 0.6 is 0 Å². The average molecular weight is 351 g/mol. The topological polar surface area (TPSA) is 93.4 Å². The zero-order valence-corrected chi connectivity index (χ0v) is 13.9. The third kappa shape index (κ3) is 2.05. The van der Waals surface area contributed by atoms with Crippen molar-refractivity contribution in [3.05, 3.63) is 43.0 Å². The Morgan fingerprint density at radius 1 is 1.23 bits per heavy atom. The minimum Gasteiger partial charge on any atom is -0.481 e. The van der Waals surface area contributed by atoms with Crippen molar-refractivity contribution in [2.75, 3.05) is 31.2 Å². The van der Waals surface area contributed by atoms with Gasteiger partial charge in [0.2, 0.25) is 0 Å². The lowest BCUT2D eigenvalue weighted by Crippen LogP contribution is -2.39. The molecule has 2 fully saturated rings. The Balaban J connectivity index is 1.57. The molecule has 2 atom stereocenters. The van der Waals surface area contributed by atoms with E-state index in [1.165, 1.54) is 6.33 Å². The van der Waals surface area contributed by atoms with E-state index in [1.54, 1.807) is 6.33 Å². The molecule has 0 saturated carbocycles. The van der Waals surface area contributed by atoms with Gasteiger partial charge in [-0.1, -0.05) is 18.2 Å². The number of hydrogen-bond donors (Lipinski definition) is 1. The van der Waals surface area contributed by atoms with Gasteiger partial charge in [0.25, 0.3) is 0 Å². The van der Waals surface area contributed by atoms with Crippen LogP contribution in [-0.2, 0) is 9.53 Å². The first kappa shape index (κ1) is 15.3. The molecule has 2 aliphatic heterocycles. The first-order valence-electron chi connectivity index (χ1n) is 8.48. The van der Waals surface area contributed by atoms with Crippen molar-refractivity contribution in [3.8, 4) is 5.69 Å². The van der Waals surface area contributed by atoms with Crippen LogP contribution in [0.5, 0.6) is 0 Å². The summed E-state index contributed by atoms with van der Waals surface area (Å²) in [7, 11) is 0. The highest BCUT2D eigenvalue weighted by atomic mass is 16.5. The van der Waals surface area contributed by atoms with Crippen molar-refractivity contribution in [2.24, 2.45) is 11.3 Å². The summed E-state index contributed by atoms with van der Waals surface area (Å²) in [6, 6.07) is 9.85. The van der Waals surface area contributed by atoms with E-state index >= 15 is 0 Å². The van der Waals surface area contributed by atoms with Crippen LogP contribution in [0.1, 0.15) is 0 Å². The molecule has 2 aliphatic rings. The van der Waals surface area contributed by atoms with Crippen molar-refractivity contribution < 1.29 is 14.6 Å². The molecule has 1 aromatic carbocycles. The van der Waals surface area contributed by atoms with Crippen LogP contribution in [0.15, 0.2) is 43.0 Å². The van der Waals surface area contributed by atoms with Crippen molar-refractivity contribution in [2.45, 2.75) is 0 Å². The Morgan fingerprint density at radius 2 is 2.08 bits per heavy atom. The molecule has 132 valence electrons. The summed E-state index contributed by atoms with van der Waals surface area (Å²) in [5.41, 5.74) is 1.49. The van der Waals surface area contributed by atoms with Crippen LogP contribution < -0.4 is 4.90 Å². The summed E-state index contributed by atoms with van der Waals surface area (Å²) in [5.74, 6) is -0.163. The highest BCUT2D eigenvalue weighted by molar-refractivity contribution is 5.86. The minimum absolute atomic E-state index is 0.0405. The molecule has 0 aliphatic carbocycles. The number of ether oxygens (including phenoxy) is 1. The van der Waals surface area contributed by atoms with Gasteiger partial charge in [-0.15, -0.1) is 0 Å². The Morgan fingerprint density at radius 3 is 2.85 bits per heavy atom. The number of carboxylic acid groups (broad SMARTS) is 1. The smallest absolute Gasteiger partial charge is 0.314 e. The number of benzene rings is 1. The van der Waals surface area contributed by atoms with E-state index in [9.17, 15) is 9.90 Å². The molecule has 0 bridgehead atoms. The second-order valence-electron chi connectivity index (χ2n) is 6.87. The second-order valence-corrected chi connectivity index (χ2v) is 6.87. The second kappa shape index (κ2) is 5.50. The molecule has 26 heavy (non-hydrogen) atoms. The zero-order valence-electron chi connectivity index (χ0n) is 13.9. The molecule has 0 unspecified atom stereocenters. The Hall–Kier alpha value is -3.00. The minimum atomic E-state index is -0.862. The number of carboxylic acids is 1. The fraction of sp³-hybridized carbons (Fsp3) is 0.333. The maximum atomic E-state index is 11.9. The molecule has 2 saturated heterocycles. The zero-order chi connectivity index (χ0) is 17.7. The SMILES string of the molecule is O=C(O)[C@]12COC[C@H]1CN(c1ncnc3c1ncn3-c1ccccc1)C2. The molecule has 4 heterocycles. The third-order valence-corrected chi connectivity index (χ3v) is 5.45. The van der Waals surface area contributed by atoms with Crippen LogP contribution in [0.4, 0.5) is 5.82 Å². The summed E-state index contributed by atoms with van der Waals surface area (Å²) in [4.78, 5) is 27.2. The molecule has 0 radical (unpaired) electrons. The highest BCUT2D eigenvalue weighted by Crippen LogP contribution is 2.43. The van der Waals surface area contributed by atoms with Crippen LogP contribution in [-0.4, -0.2) is 56.9 Å². The van der Waals surface area contributed by atoms with Gasteiger partial charge in [-0.25, -0.2) is 15.0 Å². The van der Waals surface area contributed by atoms with Crippen LogP contribution in [0.25, 0.3) is 16.9 Å². The Labute approximate surface area is 149 Å². The molecule has 5 rings (SSSR count). The number of anilines is 1. The number of imidazole rings is 1. The van der Waals surface area contributed by atoms with Crippen molar-refractivity contribution in [1.29, 1.82) is 0 Å². The lowest BCUT2D eigenvalue weighted by Gasteiger charge is -2.22. The van der Waals surface area contributed by atoms with Gasteiger partial charge in [-0.05, 0) is 12.1 Å². The number of para-hydroxylation sites is 1. The largest absolute Gasteiger partial charge is 0.481 e. The van der Waals surface area contributed by atoms with Gasteiger partial charge in [0.1, 0.15) is 18.1 Å². The maximum Gasteiger partial charge on any atom is 0.314 e. The van der Waals surface area contributed by atoms with Crippen molar-refractivity contribution in [1.82, 2.24) is 19.5 Å². The van der Waals surface area contributed by atoms with Gasteiger partial charge >= 0.3 is 5.97 Å². The number of aliphatic carboxylic acids is 1. The van der Waals surface area contributed by atoms with Gasteiger partial charge in [-0.2, -0.15) is 0 Å². The van der Waals surface area contributed by atoms with E-state index in [2.05, 4.69) is 15.0 Å². The van der Waals surface area contributed by atoms with Gasteiger partial charge in [-0.3, -0.25) is 9.36 Å². The van der Waals surface area contributed by atoms with E-state index < -0.39 is 11.4 Å². The number of nitrogens with zero attached hydrogens (tertiary/aromatic N) is 5. The summed E-state index contributed by atoms with van der Waals surface area (Å²) < 4.78 is 7.36. The Kier molecular flexibility index (Phi) is 3.23. The van der Waals surface area contributed by atoms with Crippen LogP contribution in [0, 0.1) is 11.3 Å². The van der Waals surface area contributed by atoms with Gasteiger partial charge in [0.15, 0.2) is 17.0 Å². The molecule has 8 nitrogen and oxygen atoms in total. The number of rotatable bonds is 3. The predicted molar refractivity (Wildman–Crippen MR) is 93.3 cm³/mol. The molecule has 8 heteroatoms. The monoisotopic (exact) mass is 351 g/mol. The van der Waals surface area contributed by atoms with E-state index in [-0.39, 0.29) is 12.5 Å². The van der Waals surface area contributed by atoms with E-state index in [0.29, 0.717) is 36.7 Å². The first-order valence-corrected chi connectivity index (χ1v) is 8.48. The van der Waals surface area contributed by atoms with Crippen LogP contribution in [0.3, 0.4) is 0 Å². The van der Waals surface area contributed by atoms with Crippen molar-refractivity contribution >= 4 is 23.0 Å². The van der Waals surface area contributed by atoms with E-state index in [4.69, 9.17) is 4.74 Å². The summed E-state index contributed by atoms with van der Waals surface area (Å²) in [6.45, 7) is 1.68. The molecule has 1 N–H and O–H groups in total. The first-order chi connectivity index (χ1) is 12.7. The Bertz CT molecular complexity index is 989. The average Bonchev–Trinajstić information content (AvgIpc) is 3.34. The molecule has 0 spiro atoms. The van der Waals surface area contributed by atoms with E-state index in [1.807, 2.05) is 39.8 Å². The highest BCUT2D eigenvalue weighted by Gasteiger charge is 2.56. The summed E-state index contributed by atoms with van der Waals surface area (Å²) in [6.07, 6.45) is 3.24. The molecule has 3 aromatic rings. The van der Waals surface area contributed by atoms with Gasteiger partial charge < -0.3 is 14.7 Å². The number of aromatic nitrogens is 4. The molecular formula is C18H17N5O3. The van der Waals surface area contributed by atoms with Crippen molar-refractivity contribution in [3.63, 3.8) is 0 Å². The fourth-order valence-corrected chi connectivity index (χ4v) is 4.03. The van der Waals surface area contributed by atoms with Gasteiger partial charge in [0, 0.05) is 24.7 Å². The molecule has 2 aromatic heterocycles. The quantitative estimate of drug-likeness (QED) is 0.761. The predicted octanol–water partition coefficient (Wildman–Crippen LogP) is 1.35. The summed E-state index contributed by atoms with van der Waals surface area (Å²) >= 11 is 0. The number of carbonyl (C=O) groups is 1.